The first-order valence-electron chi connectivity index (χ1n) is 12.4. The van der Waals surface area contributed by atoms with Crippen LogP contribution in [-0.2, 0) is 15.6 Å². The summed E-state index contributed by atoms with van der Waals surface area (Å²) in [5.41, 5.74) is 1.94. The van der Waals surface area contributed by atoms with Crippen LogP contribution < -0.4 is 14.4 Å². The number of halogens is 1. The summed E-state index contributed by atoms with van der Waals surface area (Å²) in [6.07, 6.45) is 4.37. The van der Waals surface area contributed by atoms with Crippen LogP contribution in [0.1, 0.15) is 17.8 Å². The highest BCUT2D eigenvalue weighted by atomic mass is 32.2. The third-order valence-corrected chi connectivity index (χ3v) is 8.62. The third-order valence-electron chi connectivity index (χ3n) is 6.61. The molecule has 3 aromatic heterocycles. The van der Waals surface area contributed by atoms with Crippen molar-refractivity contribution < 1.29 is 27.4 Å². The molecule has 40 heavy (non-hydrogen) atoms. The number of benzene rings is 1. The van der Waals surface area contributed by atoms with Crippen LogP contribution in [0.15, 0.2) is 49.1 Å². The highest BCUT2D eigenvalue weighted by Crippen LogP contribution is 2.37. The fourth-order valence-electron chi connectivity index (χ4n) is 4.78. The van der Waals surface area contributed by atoms with Gasteiger partial charge in [-0.1, -0.05) is 6.07 Å². The van der Waals surface area contributed by atoms with Gasteiger partial charge in [0.15, 0.2) is 27.3 Å². The summed E-state index contributed by atoms with van der Waals surface area (Å²) in [6.45, 7) is 2.03. The number of aryl methyl sites for hydroxylation is 1. The Kier molecular flexibility index (Phi) is 7.63. The molecule has 1 saturated heterocycles. The van der Waals surface area contributed by atoms with Crippen LogP contribution in [0.4, 0.5) is 10.3 Å². The number of anilines is 1. The molecule has 0 amide bonds. The molecule has 1 aliphatic rings. The highest BCUT2D eigenvalue weighted by Gasteiger charge is 2.37. The highest BCUT2D eigenvalue weighted by molar-refractivity contribution is 7.91. The molecular formula is C26H28FN7O5S. The van der Waals surface area contributed by atoms with Crippen molar-refractivity contribution in [1.82, 2.24) is 29.7 Å². The second-order valence-corrected chi connectivity index (χ2v) is 11.7. The number of para-hydroxylation sites is 1. The molecule has 0 bridgehead atoms. The summed E-state index contributed by atoms with van der Waals surface area (Å²) in [5, 5.41) is 18.2. The van der Waals surface area contributed by atoms with Crippen LogP contribution in [0.2, 0.25) is 0 Å². The number of sulfone groups is 1. The van der Waals surface area contributed by atoms with E-state index in [1.165, 1.54) is 19.1 Å². The van der Waals surface area contributed by atoms with E-state index in [2.05, 4.69) is 25.1 Å². The number of hydrogen-bond acceptors (Lipinski definition) is 11. The number of aliphatic hydroxyl groups is 1. The Labute approximate surface area is 230 Å². The smallest absolute Gasteiger partial charge is 0.225 e. The van der Waals surface area contributed by atoms with Gasteiger partial charge in [-0.3, -0.25) is 9.55 Å². The summed E-state index contributed by atoms with van der Waals surface area (Å²) in [6, 6.07) is 7.08. The molecule has 5 rings (SSSR count). The predicted molar refractivity (Wildman–Crippen MR) is 144 cm³/mol. The largest absolute Gasteiger partial charge is 0.494 e. The van der Waals surface area contributed by atoms with Crippen molar-refractivity contribution in [2.75, 3.05) is 32.2 Å². The van der Waals surface area contributed by atoms with E-state index >= 15 is 0 Å². The van der Waals surface area contributed by atoms with E-state index in [1.807, 2.05) is 13.0 Å². The Morgan fingerprint density at radius 3 is 2.40 bits per heavy atom. The van der Waals surface area contributed by atoms with Crippen LogP contribution in [0.3, 0.4) is 0 Å². The van der Waals surface area contributed by atoms with Gasteiger partial charge in [-0.2, -0.15) is 0 Å². The molecular weight excluding hydrogens is 541 g/mol. The minimum atomic E-state index is -3.92. The Morgan fingerprint density at radius 1 is 1.05 bits per heavy atom. The van der Waals surface area contributed by atoms with Crippen LogP contribution in [0, 0.1) is 12.7 Å². The van der Waals surface area contributed by atoms with Crippen molar-refractivity contribution in [3.63, 3.8) is 0 Å². The zero-order chi connectivity index (χ0) is 28.4. The molecule has 4 aromatic rings. The molecule has 4 heterocycles. The Bertz CT molecular complexity index is 1590. The van der Waals surface area contributed by atoms with Gasteiger partial charge in [-0.15, -0.1) is 10.2 Å². The first-order valence-corrected chi connectivity index (χ1v) is 14.1. The van der Waals surface area contributed by atoms with Gasteiger partial charge in [0.2, 0.25) is 5.95 Å². The summed E-state index contributed by atoms with van der Waals surface area (Å²) in [7, 11) is -0.912. The third kappa shape index (κ3) is 5.45. The van der Waals surface area contributed by atoms with Crippen LogP contribution in [-0.4, -0.2) is 81.9 Å². The Balaban J connectivity index is 1.57. The lowest BCUT2D eigenvalue weighted by Gasteiger charge is -2.35. The van der Waals surface area contributed by atoms with Gasteiger partial charge in [0.25, 0.3) is 0 Å². The second-order valence-electron chi connectivity index (χ2n) is 9.46. The number of hydrogen-bond donors (Lipinski definition) is 1. The Hall–Kier alpha value is -4.17. The van der Waals surface area contributed by atoms with Gasteiger partial charge in [0, 0.05) is 31.0 Å². The van der Waals surface area contributed by atoms with Crippen molar-refractivity contribution in [3.8, 4) is 28.6 Å². The first-order chi connectivity index (χ1) is 19.2. The first kappa shape index (κ1) is 27.4. The standard InChI is InChI=1S/C26H28FN7O5S/c1-16-7-17(10-28-9-16)25-32-31-23(34(25)24-21(38-2)5-4-6-22(24)39-3)15-40(36,37)20-8-19(35)13-33(14-20)26-29-11-18(27)12-30-26/h4-7,9-12,19-20,35H,8,13-15H2,1-3H3/t19-,20-/m1/s1. The topological polar surface area (TPSA) is 145 Å². The molecule has 12 nitrogen and oxygen atoms in total. The molecule has 2 atom stereocenters. The zero-order valence-corrected chi connectivity index (χ0v) is 22.9. The van der Waals surface area contributed by atoms with E-state index in [0.717, 1.165) is 18.0 Å². The van der Waals surface area contributed by atoms with Gasteiger partial charge in [-0.05, 0) is 37.1 Å². The molecule has 0 spiro atoms. The quantitative estimate of drug-likeness (QED) is 0.333. The maximum absolute atomic E-state index is 13.8. The molecule has 0 radical (unpaired) electrons. The van der Waals surface area contributed by atoms with Crippen molar-refractivity contribution in [1.29, 1.82) is 0 Å². The number of ether oxygens (including phenoxy) is 2. The number of nitrogens with zero attached hydrogens (tertiary/aromatic N) is 7. The average Bonchev–Trinajstić information content (AvgIpc) is 3.34. The second kappa shape index (κ2) is 11.1. The number of methoxy groups -OCH3 is 2. The zero-order valence-electron chi connectivity index (χ0n) is 22.1. The van der Waals surface area contributed by atoms with Gasteiger partial charge in [-0.25, -0.2) is 22.8 Å². The van der Waals surface area contributed by atoms with E-state index in [9.17, 15) is 17.9 Å². The van der Waals surface area contributed by atoms with Crippen LogP contribution in [0.25, 0.3) is 17.1 Å². The van der Waals surface area contributed by atoms with Gasteiger partial charge < -0.3 is 19.5 Å². The van der Waals surface area contributed by atoms with Gasteiger partial charge in [0.1, 0.15) is 22.9 Å². The SMILES string of the molecule is COc1cccc(OC)c1-n1c(CS(=O)(=O)[C@@H]2C[C@@H](O)CN(c3ncc(F)cn3)C2)nnc1-c1cncc(C)c1. The van der Waals surface area contributed by atoms with Crippen LogP contribution in [0.5, 0.6) is 11.5 Å². The lowest BCUT2D eigenvalue weighted by Crippen LogP contribution is -2.49. The summed E-state index contributed by atoms with van der Waals surface area (Å²) in [5.74, 6) is 0.362. The molecule has 210 valence electrons. The fourth-order valence-corrected chi connectivity index (χ4v) is 6.48. The predicted octanol–water partition coefficient (Wildman–Crippen LogP) is 2.14. The molecule has 1 fully saturated rings. The van der Waals surface area contributed by atoms with E-state index in [-0.39, 0.29) is 31.3 Å². The van der Waals surface area contributed by atoms with Crippen molar-refractivity contribution in [3.05, 3.63) is 66.3 Å². The molecule has 0 saturated carbocycles. The maximum Gasteiger partial charge on any atom is 0.225 e. The van der Waals surface area contributed by atoms with Crippen LogP contribution >= 0.6 is 0 Å². The van der Waals surface area contributed by atoms with Crippen molar-refractivity contribution >= 4 is 15.8 Å². The number of aromatic nitrogens is 6. The van der Waals surface area contributed by atoms with Crippen molar-refractivity contribution in [2.45, 2.75) is 30.5 Å². The lowest BCUT2D eigenvalue weighted by molar-refractivity contribution is 0.154. The number of rotatable bonds is 8. The summed E-state index contributed by atoms with van der Waals surface area (Å²) < 4.78 is 53.8. The fraction of sp³-hybridized carbons (Fsp3) is 0.346. The molecule has 14 heteroatoms. The van der Waals surface area contributed by atoms with E-state index < -0.39 is 32.8 Å². The van der Waals surface area contributed by atoms with Gasteiger partial charge in [0.05, 0.1) is 38.0 Å². The van der Waals surface area contributed by atoms with E-state index in [1.54, 1.807) is 35.2 Å². The van der Waals surface area contributed by atoms with Gasteiger partial charge >= 0.3 is 0 Å². The van der Waals surface area contributed by atoms with E-state index in [4.69, 9.17) is 9.47 Å². The molecule has 0 unspecified atom stereocenters. The summed E-state index contributed by atoms with van der Waals surface area (Å²) in [4.78, 5) is 13.7. The maximum atomic E-state index is 13.8. The molecule has 1 N–H and O–H groups in total. The molecule has 0 aliphatic carbocycles. The lowest BCUT2D eigenvalue weighted by atomic mass is 10.1. The molecule has 1 aromatic carbocycles. The number of aliphatic hydroxyl groups excluding tert-OH is 1. The number of β-amino-alcohol motifs (C(OH)–C–C–N with tert-alkyl or cyclic N) is 1. The number of pyridine rings is 1. The minimum absolute atomic E-state index is 0.0147. The minimum Gasteiger partial charge on any atom is -0.494 e. The monoisotopic (exact) mass is 569 g/mol. The average molecular weight is 570 g/mol. The summed E-state index contributed by atoms with van der Waals surface area (Å²) >= 11 is 0. The molecule has 1 aliphatic heterocycles. The van der Waals surface area contributed by atoms with E-state index in [0.29, 0.717) is 28.6 Å². The Morgan fingerprint density at radius 2 is 1.75 bits per heavy atom. The normalized spacial score (nSPS) is 17.6. The van der Waals surface area contributed by atoms with Crippen molar-refractivity contribution in [2.24, 2.45) is 0 Å². The number of piperidine rings is 1.